The van der Waals surface area contributed by atoms with E-state index in [1.807, 2.05) is 26.2 Å². The summed E-state index contributed by atoms with van der Waals surface area (Å²) in [5.41, 5.74) is 4.71. The number of pyridine rings is 2. The SMILES string of the molecule is Cc1ncc(NC(=O)CN2CCC3CC32)cc1NC(=O)c1cnc2[nH]c(-c3cnn(C)c3)cc2c1. The lowest BCUT2D eigenvalue weighted by Gasteiger charge is -2.17. The molecule has 5 heterocycles. The highest BCUT2D eigenvalue weighted by Crippen LogP contribution is 2.44. The van der Waals surface area contributed by atoms with E-state index >= 15 is 0 Å². The molecule has 1 saturated heterocycles. The second-order valence-corrected chi connectivity index (χ2v) is 9.43. The molecular weight excluding hydrogens is 444 g/mol. The maximum atomic E-state index is 13.0. The average Bonchev–Trinajstić information content (AvgIpc) is 3.12. The van der Waals surface area contributed by atoms with Crippen molar-refractivity contribution < 1.29 is 9.59 Å². The Hall–Kier alpha value is -4.05. The van der Waals surface area contributed by atoms with Crippen LogP contribution in [0.25, 0.3) is 22.3 Å². The molecule has 0 spiro atoms. The fourth-order valence-corrected chi connectivity index (χ4v) is 4.85. The van der Waals surface area contributed by atoms with Crippen LogP contribution in [0.3, 0.4) is 0 Å². The Morgan fingerprint density at radius 3 is 2.77 bits per heavy atom. The summed E-state index contributed by atoms with van der Waals surface area (Å²) in [6, 6.07) is 6.07. The summed E-state index contributed by atoms with van der Waals surface area (Å²) < 4.78 is 1.73. The summed E-state index contributed by atoms with van der Waals surface area (Å²) >= 11 is 0. The van der Waals surface area contributed by atoms with Crippen molar-refractivity contribution in [3.63, 3.8) is 0 Å². The van der Waals surface area contributed by atoms with Gasteiger partial charge in [-0.05, 0) is 50.4 Å². The number of rotatable bonds is 6. The van der Waals surface area contributed by atoms with E-state index in [-0.39, 0.29) is 11.8 Å². The molecule has 1 saturated carbocycles. The highest BCUT2D eigenvalue weighted by atomic mass is 16.2. The molecule has 10 heteroatoms. The van der Waals surface area contributed by atoms with Crippen LogP contribution in [0, 0.1) is 12.8 Å². The van der Waals surface area contributed by atoms with Crippen molar-refractivity contribution in [2.45, 2.75) is 25.8 Å². The zero-order valence-electron chi connectivity index (χ0n) is 19.6. The fraction of sp³-hybridized carbons (Fsp3) is 0.320. The van der Waals surface area contributed by atoms with Crippen molar-refractivity contribution in [3.05, 3.63) is 54.2 Å². The molecule has 178 valence electrons. The first-order chi connectivity index (χ1) is 16.9. The first kappa shape index (κ1) is 21.5. The number of anilines is 2. The minimum absolute atomic E-state index is 0.0630. The summed E-state index contributed by atoms with van der Waals surface area (Å²) in [6.45, 7) is 3.19. The van der Waals surface area contributed by atoms with Crippen molar-refractivity contribution in [2.75, 3.05) is 23.7 Å². The van der Waals surface area contributed by atoms with E-state index in [9.17, 15) is 9.59 Å². The predicted molar refractivity (Wildman–Crippen MR) is 132 cm³/mol. The van der Waals surface area contributed by atoms with Crippen LogP contribution in [-0.4, -0.2) is 60.6 Å². The molecule has 4 aromatic heterocycles. The first-order valence-electron chi connectivity index (χ1n) is 11.7. The van der Waals surface area contributed by atoms with Gasteiger partial charge in [0.25, 0.3) is 5.91 Å². The van der Waals surface area contributed by atoms with E-state index in [0.29, 0.717) is 40.9 Å². The lowest BCUT2D eigenvalue weighted by molar-refractivity contribution is -0.117. The van der Waals surface area contributed by atoms with Gasteiger partial charge < -0.3 is 15.6 Å². The molecule has 6 rings (SSSR count). The van der Waals surface area contributed by atoms with Crippen molar-refractivity contribution >= 4 is 34.2 Å². The molecule has 2 fully saturated rings. The van der Waals surface area contributed by atoms with Crippen molar-refractivity contribution in [1.29, 1.82) is 0 Å². The molecule has 35 heavy (non-hydrogen) atoms. The van der Waals surface area contributed by atoms with Crippen LogP contribution in [0.1, 0.15) is 28.9 Å². The van der Waals surface area contributed by atoms with Gasteiger partial charge in [-0.3, -0.25) is 24.2 Å². The highest BCUT2D eigenvalue weighted by molar-refractivity contribution is 6.06. The molecular formula is C25H26N8O2. The topological polar surface area (TPSA) is 121 Å². The summed E-state index contributed by atoms with van der Waals surface area (Å²) in [5, 5.41) is 10.8. The van der Waals surface area contributed by atoms with Crippen LogP contribution in [0.2, 0.25) is 0 Å². The van der Waals surface area contributed by atoms with Crippen molar-refractivity contribution in [3.8, 4) is 11.3 Å². The van der Waals surface area contributed by atoms with E-state index in [4.69, 9.17) is 0 Å². The summed E-state index contributed by atoms with van der Waals surface area (Å²) in [7, 11) is 1.86. The maximum absolute atomic E-state index is 13.0. The lowest BCUT2D eigenvalue weighted by atomic mass is 10.2. The molecule has 1 aliphatic heterocycles. The standard InChI is InChI=1S/C25H26N8O2/c1-14-20(8-19(11-26-14)29-23(34)13-33-4-3-15-7-22(15)33)31-25(35)17-5-16-6-21(30-24(16)27-9-17)18-10-28-32(2)12-18/h5-6,8-12,15,22H,3-4,7,13H2,1-2H3,(H,27,30)(H,29,34)(H,31,35). The predicted octanol–water partition coefficient (Wildman–Crippen LogP) is 2.95. The maximum Gasteiger partial charge on any atom is 0.257 e. The number of carbonyl (C=O) groups excluding carboxylic acids is 2. The van der Waals surface area contributed by atoms with E-state index in [2.05, 4.69) is 35.6 Å². The van der Waals surface area contributed by atoms with Gasteiger partial charge in [-0.15, -0.1) is 0 Å². The second-order valence-electron chi connectivity index (χ2n) is 9.43. The Balaban J connectivity index is 1.15. The summed E-state index contributed by atoms with van der Waals surface area (Å²) in [4.78, 5) is 39.8. The monoisotopic (exact) mass is 470 g/mol. The Kier molecular flexibility index (Phi) is 5.10. The second kappa shape index (κ2) is 8.31. The summed E-state index contributed by atoms with van der Waals surface area (Å²) in [6.07, 6.45) is 9.23. The number of H-pyrrole nitrogens is 1. The van der Waals surface area contributed by atoms with Gasteiger partial charge in [0.15, 0.2) is 0 Å². The number of nitrogens with one attached hydrogen (secondary N) is 3. The van der Waals surface area contributed by atoms with Crippen LogP contribution in [0.15, 0.2) is 43.0 Å². The molecule has 3 N–H and O–H groups in total. The van der Waals surface area contributed by atoms with E-state index in [1.165, 1.54) is 19.0 Å². The molecule has 0 aromatic carbocycles. The van der Waals surface area contributed by atoms with Crippen LogP contribution in [-0.2, 0) is 11.8 Å². The van der Waals surface area contributed by atoms with Crippen molar-refractivity contribution in [2.24, 2.45) is 13.0 Å². The van der Waals surface area contributed by atoms with E-state index in [1.54, 1.807) is 29.2 Å². The van der Waals surface area contributed by atoms with E-state index in [0.717, 1.165) is 29.1 Å². The number of fused-ring (bicyclic) bond motifs is 2. The van der Waals surface area contributed by atoms with Gasteiger partial charge in [0.1, 0.15) is 5.65 Å². The number of aromatic nitrogens is 5. The Morgan fingerprint density at radius 1 is 1.14 bits per heavy atom. The number of likely N-dealkylation sites (tertiary alicyclic amines) is 1. The third kappa shape index (κ3) is 4.28. The number of aryl methyl sites for hydroxylation is 2. The minimum atomic E-state index is -0.297. The quantitative estimate of drug-likeness (QED) is 0.398. The zero-order valence-corrected chi connectivity index (χ0v) is 19.6. The molecule has 4 aromatic rings. The average molecular weight is 471 g/mol. The number of hydrogen-bond acceptors (Lipinski definition) is 6. The smallest absolute Gasteiger partial charge is 0.257 e. The number of hydrogen-bond donors (Lipinski definition) is 3. The van der Waals surface area contributed by atoms with Gasteiger partial charge in [-0.1, -0.05) is 0 Å². The van der Waals surface area contributed by atoms with Gasteiger partial charge in [0.05, 0.1) is 47.3 Å². The van der Waals surface area contributed by atoms with Crippen LogP contribution < -0.4 is 10.6 Å². The number of aromatic amines is 1. The molecule has 2 aliphatic rings. The molecule has 2 atom stereocenters. The van der Waals surface area contributed by atoms with Gasteiger partial charge >= 0.3 is 0 Å². The van der Waals surface area contributed by atoms with Gasteiger partial charge in [0, 0.05) is 36.4 Å². The largest absolute Gasteiger partial charge is 0.339 e. The Morgan fingerprint density at radius 2 is 2.03 bits per heavy atom. The molecule has 0 bridgehead atoms. The fourth-order valence-electron chi connectivity index (χ4n) is 4.85. The van der Waals surface area contributed by atoms with Gasteiger partial charge in [-0.25, -0.2) is 4.98 Å². The summed E-state index contributed by atoms with van der Waals surface area (Å²) in [5.74, 6) is 0.424. The Labute approximate surface area is 201 Å². The highest BCUT2D eigenvalue weighted by Gasteiger charge is 2.46. The third-order valence-corrected chi connectivity index (χ3v) is 6.86. The van der Waals surface area contributed by atoms with Gasteiger partial charge in [0.2, 0.25) is 5.91 Å². The number of piperidine rings is 1. The zero-order chi connectivity index (χ0) is 24.1. The number of amides is 2. The van der Waals surface area contributed by atoms with Crippen LogP contribution >= 0.6 is 0 Å². The minimum Gasteiger partial charge on any atom is -0.339 e. The number of carbonyl (C=O) groups is 2. The molecule has 1 aliphatic carbocycles. The normalized spacial score (nSPS) is 19.0. The van der Waals surface area contributed by atoms with Crippen LogP contribution in [0.5, 0.6) is 0 Å². The lowest BCUT2D eigenvalue weighted by Crippen LogP contribution is -2.33. The molecule has 2 unspecified atom stereocenters. The van der Waals surface area contributed by atoms with E-state index < -0.39 is 0 Å². The van der Waals surface area contributed by atoms with Crippen LogP contribution in [0.4, 0.5) is 11.4 Å². The first-order valence-corrected chi connectivity index (χ1v) is 11.7. The van der Waals surface area contributed by atoms with Gasteiger partial charge in [-0.2, -0.15) is 5.10 Å². The van der Waals surface area contributed by atoms with Crippen molar-refractivity contribution in [1.82, 2.24) is 29.6 Å². The Bertz CT molecular complexity index is 1450. The molecule has 2 amide bonds. The third-order valence-electron chi connectivity index (χ3n) is 6.86. The number of nitrogens with zero attached hydrogens (tertiary/aromatic N) is 5. The molecule has 0 radical (unpaired) electrons. The molecule has 10 nitrogen and oxygen atoms in total.